The number of hydrogen-bond acceptors (Lipinski definition) is 3. The van der Waals surface area contributed by atoms with E-state index in [1.165, 1.54) is 0 Å². The molecule has 0 atom stereocenters. The number of aryl methyl sites for hydroxylation is 1. The second-order valence-corrected chi connectivity index (χ2v) is 4.44. The van der Waals surface area contributed by atoms with E-state index in [0.717, 1.165) is 5.56 Å². The van der Waals surface area contributed by atoms with Crippen molar-refractivity contribution in [1.82, 2.24) is 0 Å². The number of hydrogen-bond donors (Lipinski definition) is 1. The quantitative estimate of drug-likeness (QED) is 0.847. The van der Waals surface area contributed by atoms with Crippen LogP contribution >= 0.6 is 23.2 Å². The monoisotopic (exact) mass is 289 g/mol. The zero-order valence-corrected chi connectivity index (χ0v) is 11.3. The molecule has 98 valence electrons. The maximum Gasteiger partial charge on any atom is 0.341 e. The highest BCUT2D eigenvalue weighted by atomic mass is 35.5. The molecule has 1 aromatic rings. The summed E-state index contributed by atoms with van der Waals surface area (Å²) in [5, 5.41) is 0.417. The number of carbonyl (C=O) groups excluding carboxylic acids is 2. The summed E-state index contributed by atoms with van der Waals surface area (Å²) in [4.78, 5) is 22.3. The third kappa shape index (κ3) is 3.89. The number of rotatable bonds is 5. The summed E-state index contributed by atoms with van der Waals surface area (Å²) in [5.41, 5.74) is 5.94. The molecule has 0 spiro atoms. The molecule has 1 aromatic carbocycles. The van der Waals surface area contributed by atoms with E-state index in [1.54, 1.807) is 19.1 Å². The molecule has 0 aliphatic carbocycles. The number of esters is 1. The van der Waals surface area contributed by atoms with Crippen LogP contribution in [0.25, 0.3) is 0 Å². The molecule has 0 aliphatic heterocycles. The van der Waals surface area contributed by atoms with Gasteiger partial charge in [-0.1, -0.05) is 23.2 Å². The minimum Gasteiger partial charge on any atom is -0.462 e. The van der Waals surface area contributed by atoms with E-state index in [1.807, 2.05) is 0 Å². The summed E-state index contributed by atoms with van der Waals surface area (Å²) >= 11 is 12.0. The van der Waals surface area contributed by atoms with Crippen molar-refractivity contribution in [3.8, 4) is 0 Å². The first kappa shape index (κ1) is 14.8. The van der Waals surface area contributed by atoms with E-state index in [-0.39, 0.29) is 28.6 Å². The summed E-state index contributed by atoms with van der Waals surface area (Å²) in [7, 11) is 0. The van der Waals surface area contributed by atoms with Gasteiger partial charge in [-0.3, -0.25) is 4.79 Å². The van der Waals surface area contributed by atoms with Gasteiger partial charge in [0, 0.05) is 6.42 Å². The van der Waals surface area contributed by atoms with Gasteiger partial charge in [0.1, 0.15) is 0 Å². The second kappa shape index (κ2) is 6.61. The van der Waals surface area contributed by atoms with Gasteiger partial charge in [0.15, 0.2) is 0 Å². The van der Waals surface area contributed by atoms with Gasteiger partial charge in [-0.05, 0) is 31.0 Å². The lowest BCUT2D eigenvalue weighted by molar-refractivity contribution is -0.117. The molecule has 1 rings (SSSR count). The van der Waals surface area contributed by atoms with Crippen LogP contribution in [-0.2, 0) is 16.0 Å². The fourth-order valence-electron chi connectivity index (χ4n) is 1.44. The molecule has 0 aliphatic rings. The lowest BCUT2D eigenvalue weighted by Gasteiger charge is -2.08. The molecule has 4 nitrogen and oxygen atoms in total. The highest BCUT2D eigenvalue weighted by molar-refractivity contribution is 6.39. The fourth-order valence-corrected chi connectivity index (χ4v) is 2.12. The molecule has 18 heavy (non-hydrogen) atoms. The van der Waals surface area contributed by atoms with Gasteiger partial charge in [0.2, 0.25) is 5.91 Å². The minimum atomic E-state index is -0.561. The van der Waals surface area contributed by atoms with E-state index in [0.29, 0.717) is 6.42 Å². The van der Waals surface area contributed by atoms with Crippen molar-refractivity contribution >= 4 is 35.1 Å². The summed E-state index contributed by atoms with van der Waals surface area (Å²) in [6.45, 7) is 1.94. The lowest BCUT2D eigenvalue weighted by Crippen LogP contribution is -2.11. The molecular weight excluding hydrogens is 277 g/mol. The largest absolute Gasteiger partial charge is 0.462 e. The molecule has 0 radical (unpaired) electrons. The van der Waals surface area contributed by atoms with Gasteiger partial charge >= 0.3 is 5.97 Å². The van der Waals surface area contributed by atoms with Crippen molar-refractivity contribution in [2.24, 2.45) is 5.73 Å². The number of benzene rings is 1. The van der Waals surface area contributed by atoms with Gasteiger partial charge in [-0.2, -0.15) is 0 Å². The number of primary amides is 1. The number of amides is 1. The predicted molar refractivity (Wildman–Crippen MR) is 69.9 cm³/mol. The number of halogens is 2. The fraction of sp³-hybridized carbons (Fsp3) is 0.333. The molecule has 0 saturated heterocycles. The average molecular weight is 290 g/mol. The Morgan fingerprint density at radius 3 is 2.28 bits per heavy atom. The van der Waals surface area contributed by atoms with Crippen molar-refractivity contribution in [2.45, 2.75) is 19.8 Å². The Kier molecular flexibility index (Phi) is 5.44. The predicted octanol–water partition coefficient (Wildman–Crippen LogP) is 2.59. The summed E-state index contributed by atoms with van der Waals surface area (Å²) in [5.74, 6) is -0.967. The first-order chi connectivity index (χ1) is 8.45. The summed E-state index contributed by atoms with van der Waals surface area (Å²) in [6, 6.07) is 3.17. The summed E-state index contributed by atoms with van der Waals surface area (Å²) in [6.07, 6.45) is 0.628. The smallest absolute Gasteiger partial charge is 0.341 e. The van der Waals surface area contributed by atoms with Crippen molar-refractivity contribution in [3.63, 3.8) is 0 Å². The standard InChI is InChI=1S/C12H13Cl2NO3/c1-2-18-12(17)11-8(13)5-7(6-9(11)14)3-4-10(15)16/h5-6H,2-4H2,1H3,(H2,15,16). The molecular formula is C12H13Cl2NO3. The van der Waals surface area contributed by atoms with Gasteiger partial charge in [-0.15, -0.1) is 0 Å². The van der Waals surface area contributed by atoms with Crippen molar-refractivity contribution in [2.75, 3.05) is 6.61 Å². The van der Waals surface area contributed by atoms with Crippen LogP contribution in [0.15, 0.2) is 12.1 Å². The maximum atomic E-state index is 11.6. The van der Waals surface area contributed by atoms with Crippen molar-refractivity contribution in [1.29, 1.82) is 0 Å². The van der Waals surface area contributed by atoms with Crippen molar-refractivity contribution < 1.29 is 14.3 Å². The Morgan fingerprint density at radius 2 is 1.83 bits per heavy atom. The van der Waals surface area contributed by atoms with E-state index in [4.69, 9.17) is 33.7 Å². The van der Waals surface area contributed by atoms with Gasteiger partial charge in [0.05, 0.1) is 22.2 Å². The third-order valence-electron chi connectivity index (χ3n) is 2.24. The van der Waals surface area contributed by atoms with Crippen LogP contribution in [0.3, 0.4) is 0 Å². The Hall–Kier alpha value is -1.26. The normalized spacial score (nSPS) is 10.2. The zero-order chi connectivity index (χ0) is 13.7. The van der Waals surface area contributed by atoms with E-state index < -0.39 is 11.9 Å². The lowest BCUT2D eigenvalue weighted by atomic mass is 10.1. The van der Waals surface area contributed by atoms with Crippen LogP contribution in [0.2, 0.25) is 10.0 Å². The molecule has 0 saturated carbocycles. The SMILES string of the molecule is CCOC(=O)c1c(Cl)cc(CCC(N)=O)cc1Cl. The molecule has 0 fully saturated rings. The Labute approximate surface area is 115 Å². The molecule has 0 bridgehead atoms. The minimum absolute atomic E-state index is 0.142. The van der Waals surface area contributed by atoms with Gasteiger partial charge in [0.25, 0.3) is 0 Å². The third-order valence-corrected chi connectivity index (χ3v) is 2.84. The molecule has 0 heterocycles. The van der Waals surface area contributed by atoms with Crippen LogP contribution in [0, 0.1) is 0 Å². The van der Waals surface area contributed by atoms with Crippen LogP contribution in [0.4, 0.5) is 0 Å². The Bertz CT molecular complexity index is 451. The highest BCUT2D eigenvalue weighted by Gasteiger charge is 2.17. The van der Waals surface area contributed by atoms with E-state index in [9.17, 15) is 9.59 Å². The van der Waals surface area contributed by atoms with E-state index >= 15 is 0 Å². The Morgan fingerprint density at radius 1 is 1.28 bits per heavy atom. The first-order valence-electron chi connectivity index (χ1n) is 5.39. The molecule has 0 aromatic heterocycles. The number of ether oxygens (including phenoxy) is 1. The van der Waals surface area contributed by atoms with Crippen LogP contribution < -0.4 is 5.73 Å². The van der Waals surface area contributed by atoms with Gasteiger partial charge in [-0.25, -0.2) is 4.79 Å². The number of carbonyl (C=O) groups is 2. The first-order valence-corrected chi connectivity index (χ1v) is 6.14. The van der Waals surface area contributed by atoms with Crippen molar-refractivity contribution in [3.05, 3.63) is 33.3 Å². The zero-order valence-electron chi connectivity index (χ0n) is 9.83. The summed E-state index contributed by atoms with van der Waals surface area (Å²) < 4.78 is 4.85. The van der Waals surface area contributed by atoms with Crippen LogP contribution in [0.5, 0.6) is 0 Å². The maximum absolute atomic E-state index is 11.6. The molecule has 6 heteroatoms. The second-order valence-electron chi connectivity index (χ2n) is 3.62. The van der Waals surface area contributed by atoms with Crippen LogP contribution in [-0.4, -0.2) is 18.5 Å². The molecule has 1 amide bonds. The molecule has 2 N–H and O–H groups in total. The number of nitrogens with two attached hydrogens (primary N) is 1. The topological polar surface area (TPSA) is 69.4 Å². The molecule has 0 unspecified atom stereocenters. The Balaban J connectivity index is 2.97. The van der Waals surface area contributed by atoms with E-state index in [2.05, 4.69) is 0 Å². The van der Waals surface area contributed by atoms with Crippen LogP contribution in [0.1, 0.15) is 29.3 Å². The highest BCUT2D eigenvalue weighted by Crippen LogP contribution is 2.28. The average Bonchev–Trinajstić information content (AvgIpc) is 2.25. The van der Waals surface area contributed by atoms with Gasteiger partial charge < -0.3 is 10.5 Å².